The average Bonchev–Trinajstić information content (AvgIpc) is 3.21. The molecule has 0 aliphatic carbocycles. The lowest BCUT2D eigenvalue weighted by Crippen LogP contribution is -2.14. The van der Waals surface area contributed by atoms with E-state index in [1.165, 1.54) is 13.2 Å². The van der Waals surface area contributed by atoms with E-state index in [0.29, 0.717) is 11.2 Å². The minimum absolute atomic E-state index is 0.0839. The molecule has 1 heterocycles. The van der Waals surface area contributed by atoms with Crippen LogP contribution in [0.5, 0.6) is 11.5 Å². The Bertz CT molecular complexity index is 1280. The number of nitrogens with zero attached hydrogens (tertiary/aromatic N) is 2. The molecule has 4 rings (SSSR count). The summed E-state index contributed by atoms with van der Waals surface area (Å²) >= 11 is 0. The number of methoxy groups -OCH3 is 1. The van der Waals surface area contributed by atoms with Crippen molar-refractivity contribution < 1.29 is 24.5 Å². The molecule has 8 heteroatoms. The van der Waals surface area contributed by atoms with E-state index in [1.807, 2.05) is 34.9 Å². The van der Waals surface area contributed by atoms with Crippen LogP contribution in [0.3, 0.4) is 0 Å². The third kappa shape index (κ3) is 4.11. The lowest BCUT2D eigenvalue weighted by Gasteiger charge is -2.18. The van der Waals surface area contributed by atoms with Crippen molar-refractivity contribution in [1.82, 2.24) is 9.55 Å². The number of aromatic hydroxyl groups is 1. The van der Waals surface area contributed by atoms with Crippen LogP contribution < -0.4 is 10.1 Å². The first-order chi connectivity index (χ1) is 15.5. The van der Waals surface area contributed by atoms with Gasteiger partial charge in [0.1, 0.15) is 0 Å². The summed E-state index contributed by atoms with van der Waals surface area (Å²) in [5.41, 5.74) is 2.77. The van der Waals surface area contributed by atoms with E-state index in [1.54, 1.807) is 36.7 Å². The predicted molar refractivity (Wildman–Crippen MR) is 119 cm³/mol. The van der Waals surface area contributed by atoms with Gasteiger partial charge in [-0.15, -0.1) is 0 Å². The molecule has 1 unspecified atom stereocenters. The van der Waals surface area contributed by atoms with E-state index in [-0.39, 0.29) is 23.5 Å². The molecule has 0 radical (unpaired) electrons. The minimum atomic E-state index is -0.914. The van der Waals surface area contributed by atoms with Gasteiger partial charge in [-0.25, -0.2) is 4.98 Å². The molecule has 3 N–H and O–H groups in total. The molecule has 1 aromatic heterocycles. The lowest BCUT2D eigenvalue weighted by molar-refractivity contribution is -0.137. The second-order valence-electron chi connectivity index (χ2n) is 7.19. The summed E-state index contributed by atoms with van der Waals surface area (Å²) in [6, 6.07) is 18.8. The topological polar surface area (TPSA) is 114 Å². The first-order valence-electron chi connectivity index (χ1n) is 9.88. The Balaban J connectivity index is 1.64. The van der Waals surface area contributed by atoms with Crippen LogP contribution in [0.4, 0.5) is 5.69 Å². The maximum Gasteiger partial charge on any atom is 0.305 e. The van der Waals surface area contributed by atoms with Gasteiger partial charge in [0, 0.05) is 5.69 Å². The number of hydrogen-bond acceptors (Lipinski definition) is 5. The minimum Gasteiger partial charge on any atom is -0.504 e. The van der Waals surface area contributed by atoms with Crippen molar-refractivity contribution in [3.05, 3.63) is 84.2 Å². The van der Waals surface area contributed by atoms with Crippen LogP contribution in [0.1, 0.15) is 28.4 Å². The van der Waals surface area contributed by atoms with Crippen molar-refractivity contribution in [3.8, 4) is 11.5 Å². The fraction of sp³-hybridized carbons (Fsp3) is 0.125. The summed E-state index contributed by atoms with van der Waals surface area (Å²) in [5, 5.41) is 22.4. The summed E-state index contributed by atoms with van der Waals surface area (Å²) < 4.78 is 6.87. The highest BCUT2D eigenvalue weighted by molar-refractivity contribution is 6.07. The molecule has 1 amide bonds. The van der Waals surface area contributed by atoms with Gasteiger partial charge < -0.3 is 24.8 Å². The fourth-order valence-corrected chi connectivity index (χ4v) is 3.64. The number of phenolic OH excluding ortho intramolecular Hbond substituents is 1. The van der Waals surface area contributed by atoms with Crippen molar-refractivity contribution in [1.29, 1.82) is 0 Å². The lowest BCUT2D eigenvalue weighted by atomic mass is 10.0. The first kappa shape index (κ1) is 20.9. The number of nitrogens with one attached hydrogen (secondary N) is 1. The molecular weight excluding hydrogens is 410 g/mol. The smallest absolute Gasteiger partial charge is 0.305 e. The number of carboxylic acids is 1. The van der Waals surface area contributed by atoms with Gasteiger partial charge in [-0.2, -0.15) is 0 Å². The predicted octanol–water partition coefficient (Wildman–Crippen LogP) is 4.07. The maximum atomic E-state index is 12.6. The number of para-hydroxylation sites is 1. The number of carbonyl (C=O) groups is 2. The largest absolute Gasteiger partial charge is 0.504 e. The van der Waals surface area contributed by atoms with Gasteiger partial charge in [0.15, 0.2) is 11.5 Å². The SMILES string of the molecule is COc1cccc(C(=O)Nc2ccc3c(c2)ncn3C(CC(=O)O)c2ccccc2)c1O. The van der Waals surface area contributed by atoms with E-state index < -0.39 is 17.9 Å². The van der Waals surface area contributed by atoms with Gasteiger partial charge in [0.25, 0.3) is 5.91 Å². The van der Waals surface area contributed by atoms with Gasteiger partial charge in [0.05, 0.1) is 42.5 Å². The van der Waals surface area contributed by atoms with E-state index >= 15 is 0 Å². The highest BCUT2D eigenvalue weighted by Gasteiger charge is 2.20. The number of aliphatic carboxylic acids is 1. The maximum absolute atomic E-state index is 12.6. The van der Waals surface area contributed by atoms with Crippen LogP contribution in [-0.4, -0.2) is 38.8 Å². The number of ether oxygens (including phenoxy) is 1. The average molecular weight is 431 g/mol. The zero-order valence-corrected chi connectivity index (χ0v) is 17.2. The quantitative estimate of drug-likeness (QED) is 0.407. The summed E-state index contributed by atoms with van der Waals surface area (Å²) in [5.74, 6) is -1.44. The van der Waals surface area contributed by atoms with Crippen LogP contribution in [0.25, 0.3) is 11.0 Å². The van der Waals surface area contributed by atoms with Gasteiger partial charge in [-0.3, -0.25) is 9.59 Å². The zero-order chi connectivity index (χ0) is 22.7. The summed E-state index contributed by atoms with van der Waals surface area (Å²) in [7, 11) is 1.41. The molecule has 0 spiro atoms. The third-order valence-corrected chi connectivity index (χ3v) is 5.18. The normalized spacial score (nSPS) is 11.8. The Morgan fingerprint density at radius 1 is 1.09 bits per heavy atom. The van der Waals surface area contributed by atoms with Crippen LogP contribution in [0.15, 0.2) is 73.1 Å². The molecule has 32 heavy (non-hydrogen) atoms. The van der Waals surface area contributed by atoms with Gasteiger partial charge in [0.2, 0.25) is 0 Å². The second-order valence-corrected chi connectivity index (χ2v) is 7.19. The van der Waals surface area contributed by atoms with E-state index in [4.69, 9.17) is 4.74 Å². The first-order valence-corrected chi connectivity index (χ1v) is 9.88. The van der Waals surface area contributed by atoms with Crippen molar-refractivity contribution in [2.45, 2.75) is 12.5 Å². The van der Waals surface area contributed by atoms with Crippen molar-refractivity contribution in [2.75, 3.05) is 12.4 Å². The molecule has 8 nitrogen and oxygen atoms in total. The number of carbonyl (C=O) groups excluding carboxylic acids is 1. The zero-order valence-electron chi connectivity index (χ0n) is 17.2. The van der Waals surface area contributed by atoms with Crippen molar-refractivity contribution in [3.63, 3.8) is 0 Å². The number of aromatic nitrogens is 2. The van der Waals surface area contributed by atoms with Crippen LogP contribution in [0.2, 0.25) is 0 Å². The Labute approximate surface area is 183 Å². The molecule has 3 aromatic carbocycles. The Morgan fingerprint density at radius 2 is 1.88 bits per heavy atom. The van der Waals surface area contributed by atoms with E-state index in [9.17, 15) is 19.8 Å². The number of hydrogen-bond donors (Lipinski definition) is 3. The van der Waals surface area contributed by atoms with Crippen molar-refractivity contribution in [2.24, 2.45) is 0 Å². The number of fused-ring (bicyclic) bond motifs is 1. The molecule has 0 aliphatic heterocycles. The Hall–Kier alpha value is -4.33. The molecule has 0 aliphatic rings. The molecule has 0 saturated heterocycles. The van der Waals surface area contributed by atoms with E-state index in [0.717, 1.165) is 11.1 Å². The Morgan fingerprint density at radius 3 is 2.59 bits per heavy atom. The van der Waals surface area contributed by atoms with Gasteiger partial charge in [-0.1, -0.05) is 36.4 Å². The number of carboxylic acid groups (broad SMARTS) is 1. The van der Waals surface area contributed by atoms with Gasteiger partial charge >= 0.3 is 5.97 Å². The summed E-state index contributed by atoms with van der Waals surface area (Å²) in [6.07, 6.45) is 1.51. The second kappa shape index (κ2) is 8.81. The summed E-state index contributed by atoms with van der Waals surface area (Å²) in [4.78, 5) is 28.5. The molecule has 0 bridgehead atoms. The molecule has 0 saturated carbocycles. The number of anilines is 1. The molecule has 162 valence electrons. The molecular formula is C24H21N3O5. The third-order valence-electron chi connectivity index (χ3n) is 5.18. The number of benzene rings is 3. The summed E-state index contributed by atoms with van der Waals surface area (Å²) in [6.45, 7) is 0. The highest BCUT2D eigenvalue weighted by atomic mass is 16.5. The highest BCUT2D eigenvalue weighted by Crippen LogP contribution is 2.31. The molecule has 1 atom stereocenters. The van der Waals surface area contributed by atoms with Crippen molar-refractivity contribution >= 4 is 28.6 Å². The standard InChI is InChI=1S/C24H21N3O5/c1-32-21-9-5-8-17(23(21)30)24(31)26-16-10-11-19-18(12-16)25-14-27(19)20(13-22(28)29)15-6-3-2-4-7-15/h2-12,14,20,30H,13H2,1H3,(H,26,31)(H,28,29). The number of amides is 1. The molecule has 0 fully saturated rings. The van der Waals surface area contributed by atoms with Crippen LogP contribution in [-0.2, 0) is 4.79 Å². The van der Waals surface area contributed by atoms with Crippen LogP contribution >= 0.6 is 0 Å². The van der Waals surface area contributed by atoms with Crippen LogP contribution in [0, 0.1) is 0 Å². The number of rotatable bonds is 7. The monoisotopic (exact) mass is 431 g/mol. The number of phenols is 1. The molecule has 4 aromatic rings. The number of imidazole rings is 1. The fourth-order valence-electron chi connectivity index (χ4n) is 3.64. The Kier molecular flexibility index (Phi) is 5.76. The van der Waals surface area contributed by atoms with E-state index in [2.05, 4.69) is 10.3 Å². The van der Waals surface area contributed by atoms with Gasteiger partial charge in [-0.05, 0) is 35.9 Å².